The highest BCUT2D eigenvalue weighted by atomic mass is 32.1. The van der Waals surface area contributed by atoms with E-state index in [4.69, 9.17) is 13.9 Å². The van der Waals surface area contributed by atoms with E-state index in [-0.39, 0.29) is 5.76 Å². The Morgan fingerprint density at radius 1 is 1.35 bits per heavy atom. The van der Waals surface area contributed by atoms with Crippen LogP contribution in [0.25, 0.3) is 0 Å². The predicted molar refractivity (Wildman–Crippen MR) is 94.5 cm³/mol. The Morgan fingerprint density at radius 2 is 2.15 bits per heavy atom. The maximum atomic E-state index is 12.2. The van der Waals surface area contributed by atoms with Gasteiger partial charge in [0, 0.05) is 4.88 Å². The van der Waals surface area contributed by atoms with E-state index >= 15 is 0 Å². The van der Waals surface area contributed by atoms with Gasteiger partial charge in [-0.3, -0.25) is 4.79 Å². The highest BCUT2D eigenvalue weighted by Gasteiger charge is 2.29. The lowest BCUT2D eigenvalue weighted by Crippen LogP contribution is -2.21. The molecule has 0 fully saturated rings. The van der Waals surface area contributed by atoms with Gasteiger partial charge in [-0.2, -0.15) is 0 Å². The van der Waals surface area contributed by atoms with Crippen molar-refractivity contribution < 1.29 is 28.3 Å². The molecule has 26 heavy (non-hydrogen) atoms. The van der Waals surface area contributed by atoms with Crippen LogP contribution >= 0.6 is 11.3 Å². The minimum absolute atomic E-state index is 0.0219. The third-order valence-corrected chi connectivity index (χ3v) is 5.38. The van der Waals surface area contributed by atoms with E-state index in [1.807, 2.05) is 0 Å². The molecule has 0 radical (unpaired) electrons. The SMILES string of the molecule is COC(=O)c1c(NC(=O)COC(=O)c2ccco2)sc2c1CC[C@@H](C)C2. The van der Waals surface area contributed by atoms with E-state index < -0.39 is 24.5 Å². The third-order valence-electron chi connectivity index (χ3n) is 4.21. The number of amides is 1. The number of ether oxygens (including phenoxy) is 2. The Labute approximate surface area is 154 Å². The van der Waals surface area contributed by atoms with E-state index in [0.717, 1.165) is 29.7 Å². The molecule has 7 nitrogen and oxygen atoms in total. The predicted octanol–water partition coefficient (Wildman–Crippen LogP) is 3.05. The highest BCUT2D eigenvalue weighted by Crippen LogP contribution is 2.39. The summed E-state index contributed by atoms with van der Waals surface area (Å²) >= 11 is 1.38. The number of hydrogen-bond acceptors (Lipinski definition) is 7. The summed E-state index contributed by atoms with van der Waals surface area (Å²) < 4.78 is 14.7. The van der Waals surface area contributed by atoms with Crippen molar-refractivity contribution in [2.45, 2.75) is 26.2 Å². The normalized spacial score (nSPS) is 15.8. The van der Waals surface area contributed by atoms with E-state index in [1.165, 1.54) is 30.8 Å². The third kappa shape index (κ3) is 3.80. The number of carbonyl (C=O) groups excluding carboxylic acids is 3. The quantitative estimate of drug-likeness (QED) is 0.805. The van der Waals surface area contributed by atoms with Crippen molar-refractivity contribution in [2.75, 3.05) is 19.0 Å². The van der Waals surface area contributed by atoms with Crippen LogP contribution in [0, 0.1) is 5.92 Å². The van der Waals surface area contributed by atoms with Gasteiger partial charge in [0.1, 0.15) is 5.00 Å². The highest BCUT2D eigenvalue weighted by molar-refractivity contribution is 7.17. The molecule has 0 bridgehead atoms. The van der Waals surface area contributed by atoms with Gasteiger partial charge < -0.3 is 19.2 Å². The van der Waals surface area contributed by atoms with E-state index in [0.29, 0.717) is 16.5 Å². The molecule has 1 amide bonds. The summed E-state index contributed by atoms with van der Waals surface area (Å²) in [5, 5.41) is 3.11. The van der Waals surface area contributed by atoms with Gasteiger partial charge in [0.2, 0.25) is 5.76 Å². The van der Waals surface area contributed by atoms with Crippen LogP contribution in [0.2, 0.25) is 0 Å². The zero-order valence-corrected chi connectivity index (χ0v) is 15.3. The van der Waals surface area contributed by atoms with Crippen LogP contribution in [0.1, 0.15) is 44.7 Å². The number of esters is 2. The largest absolute Gasteiger partial charge is 0.465 e. The number of fused-ring (bicyclic) bond motifs is 1. The number of nitrogens with one attached hydrogen (secondary N) is 1. The van der Waals surface area contributed by atoms with Crippen LogP contribution in [-0.2, 0) is 27.1 Å². The summed E-state index contributed by atoms with van der Waals surface area (Å²) in [6.07, 6.45) is 3.98. The van der Waals surface area contributed by atoms with Gasteiger partial charge in [0.25, 0.3) is 5.91 Å². The van der Waals surface area contributed by atoms with Crippen LogP contribution in [-0.4, -0.2) is 31.6 Å². The van der Waals surface area contributed by atoms with Crippen molar-refractivity contribution in [1.82, 2.24) is 0 Å². The smallest absolute Gasteiger partial charge is 0.374 e. The van der Waals surface area contributed by atoms with Crippen LogP contribution in [0.4, 0.5) is 5.00 Å². The van der Waals surface area contributed by atoms with E-state index in [2.05, 4.69) is 12.2 Å². The first-order chi connectivity index (χ1) is 12.5. The van der Waals surface area contributed by atoms with Crippen LogP contribution < -0.4 is 5.32 Å². The average Bonchev–Trinajstić information content (AvgIpc) is 3.26. The van der Waals surface area contributed by atoms with Gasteiger partial charge in [0.05, 0.1) is 18.9 Å². The fourth-order valence-corrected chi connectivity index (χ4v) is 4.33. The van der Waals surface area contributed by atoms with Crippen molar-refractivity contribution in [3.63, 3.8) is 0 Å². The fraction of sp³-hybridized carbons (Fsp3) is 0.389. The lowest BCUT2D eigenvalue weighted by atomic mass is 9.88. The second-order valence-electron chi connectivity index (χ2n) is 6.15. The second kappa shape index (κ2) is 7.74. The van der Waals surface area contributed by atoms with Crippen molar-refractivity contribution in [1.29, 1.82) is 0 Å². The van der Waals surface area contributed by atoms with Gasteiger partial charge in [-0.1, -0.05) is 6.92 Å². The van der Waals surface area contributed by atoms with Crippen LogP contribution in [0.15, 0.2) is 22.8 Å². The summed E-state index contributed by atoms with van der Waals surface area (Å²) in [4.78, 5) is 37.2. The molecule has 0 unspecified atom stereocenters. The van der Waals surface area contributed by atoms with Crippen LogP contribution in [0.3, 0.4) is 0 Å². The first kappa shape index (κ1) is 18.2. The Hall–Kier alpha value is -2.61. The Kier molecular flexibility index (Phi) is 5.41. The number of carbonyl (C=O) groups is 3. The Balaban J connectivity index is 1.71. The van der Waals surface area contributed by atoms with Crippen molar-refractivity contribution in [3.05, 3.63) is 40.2 Å². The molecule has 2 aromatic heterocycles. The zero-order chi connectivity index (χ0) is 18.7. The van der Waals surface area contributed by atoms with Crippen molar-refractivity contribution in [3.8, 4) is 0 Å². The minimum atomic E-state index is -0.724. The Morgan fingerprint density at radius 3 is 2.85 bits per heavy atom. The second-order valence-corrected chi connectivity index (χ2v) is 7.25. The molecule has 1 aliphatic carbocycles. The maximum absolute atomic E-state index is 12.2. The minimum Gasteiger partial charge on any atom is -0.465 e. The van der Waals surface area contributed by atoms with Gasteiger partial charge in [-0.25, -0.2) is 9.59 Å². The molecule has 0 aliphatic heterocycles. The monoisotopic (exact) mass is 377 g/mol. The molecular weight excluding hydrogens is 358 g/mol. The number of anilines is 1. The summed E-state index contributed by atoms with van der Waals surface area (Å²) in [5.41, 5.74) is 1.35. The maximum Gasteiger partial charge on any atom is 0.374 e. The average molecular weight is 377 g/mol. The number of hydrogen-bond donors (Lipinski definition) is 1. The molecule has 1 N–H and O–H groups in total. The lowest BCUT2D eigenvalue weighted by Gasteiger charge is -2.18. The molecule has 0 saturated heterocycles. The standard InChI is InChI=1S/C18H19NO6S/c1-10-5-6-11-13(8-10)26-16(15(11)18(22)23-2)19-14(20)9-25-17(21)12-4-3-7-24-12/h3-4,7,10H,5-6,8-9H2,1-2H3,(H,19,20)/t10-/m1/s1. The van der Waals surface area contributed by atoms with E-state index in [1.54, 1.807) is 6.07 Å². The molecule has 1 atom stereocenters. The molecule has 2 aromatic rings. The summed E-state index contributed by atoms with van der Waals surface area (Å²) in [5.74, 6) is -1.17. The van der Waals surface area contributed by atoms with Gasteiger partial charge in [0.15, 0.2) is 6.61 Å². The summed E-state index contributed by atoms with van der Waals surface area (Å²) in [7, 11) is 1.31. The fourth-order valence-electron chi connectivity index (χ4n) is 2.92. The molecule has 3 rings (SSSR count). The molecule has 0 spiro atoms. The number of methoxy groups -OCH3 is 1. The first-order valence-corrected chi connectivity index (χ1v) is 9.04. The summed E-state index contributed by atoms with van der Waals surface area (Å²) in [6, 6.07) is 3.00. The molecule has 0 aromatic carbocycles. The molecule has 138 valence electrons. The number of rotatable bonds is 5. The van der Waals surface area contributed by atoms with Gasteiger partial charge in [-0.05, 0) is 42.9 Å². The van der Waals surface area contributed by atoms with Crippen molar-refractivity contribution >= 4 is 34.2 Å². The Bertz CT molecular complexity index is 823. The molecule has 2 heterocycles. The van der Waals surface area contributed by atoms with E-state index in [9.17, 15) is 14.4 Å². The first-order valence-electron chi connectivity index (χ1n) is 8.23. The van der Waals surface area contributed by atoms with Crippen molar-refractivity contribution in [2.24, 2.45) is 5.92 Å². The molecule has 1 aliphatic rings. The van der Waals surface area contributed by atoms with Gasteiger partial charge >= 0.3 is 11.9 Å². The molecule has 0 saturated carbocycles. The topological polar surface area (TPSA) is 94.8 Å². The molecule has 8 heteroatoms. The number of furan rings is 1. The summed E-state index contributed by atoms with van der Waals surface area (Å²) in [6.45, 7) is 1.69. The van der Waals surface area contributed by atoms with Gasteiger partial charge in [-0.15, -0.1) is 11.3 Å². The zero-order valence-electron chi connectivity index (χ0n) is 14.5. The number of thiophene rings is 1. The van der Waals surface area contributed by atoms with Crippen LogP contribution in [0.5, 0.6) is 0 Å². The lowest BCUT2D eigenvalue weighted by molar-refractivity contribution is -0.119. The molecular formula is C18H19NO6S.